The molecule has 1 heterocycles. The molecule has 0 saturated heterocycles. The van der Waals surface area contributed by atoms with Crippen LogP contribution in [0.4, 0.5) is 0 Å². The van der Waals surface area contributed by atoms with E-state index in [1.165, 1.54) is 12.8 Å². The Hall–Kier alpha value is -2.14. The summed E-state index contributed by atoms with van der Waals surface area (Å²) in [5.41, 5.74) is 1.31. The van der Waals surface area contributed by atoms with E-state index in [1.807, 2.05) is 30.1 Å². The summed E-state index contributed by atoms with van der Waals surface area (Å²) >= 11 is 0. The molecule has 0 aliphatic heterocycles. The summed E-state index contributed by atoms with van der Waals surface area (Å²) in [5, 5.41) is 12.6. The average molecular weight is 285 g/mol. The molecule has 110 valence electrons. The number of aromatic nitrogens is 2. The van der Waals surface area contributed by atoms with Crippen LogP contribution in [-0.2, 0) is 13.6 Å². The van der Waals surface area contributed by atoms with Crippen LogP contribution in [0.15, 0.2) is 36.7 Å². The van der Waals surface area contributed by atoms with Gasteiger partial charge in [-0.15, -0.1) is 0 Å². The molecule has 21 heavy (non-hydrogen) atoms. The number of carboxylic acids is 1. The lowest BCUT2D eigenvalue weighted by Crippen LogP contribution is -2.25. The first-order chi connectivity index (χ1) is 10.1. The smallest absolute Gasteiger partial charge is 0.335 e. The number of nitrogens with zero attached hydrogens (tertiary/aromatic N) is 2. The largest absolute Gasteiger partial charge is 0.478 e. The van der Waals surface area contributed by atoms with Gasteiger partial charge < -0.3 is 15.0 Å². The van der Waals surface area contributed by atoms with Crippen LogP contribution in [0.5, 0.6) is 0 Å². The van der Waals surface area contributed by atoms with Crippen LogP contribution in [-0.4, -0.2) is 20.6 Å². The minimum atomic E-state index is -0.889. The summed E-state index contributed by atoms with van der Waals surface area (Å²) in [6, 6.07) is 7.30. The Morgan fingerprint density at radius 2 is 2.33 bits per heavy atom. The molecule has 0 amide bonds. The number of benzene rings is 1. The van der Waals surface area contributed by atoms with Crippen molar-refractivity contribution in [2.24, 2.45) is 13.0 Å². The van der Waals surface area contributed by atoms with Crippen LogP contribution in [0.25, 0.3) is 0 Å². The van der Waals surface area contributed by atoms with E-state index in [4.69, 9.17) is 5.11 Å². The van der Waals surface area contributed by atoms with Crippen molar-refractivity contribution >= 4 is 5.97 Å². The first-order valence-corrected chi connectivity index (χ1v) is 7.18. The number of rotatable bonds is 6. The molecule has 1 aliphatic carbocycles. The Morgan fingerprint density at radius 1 is 1.52 bits per heavy atom. The number of carbonyl (C=O) groups is 1. The first kappa shape index (κ1) is 13.8. The summed E-state index contributed by atoms with van der Waals surface area (Å²) in [6.45, 7) is 0.648. The van der Waals surface area contributed by atoms with Crippen LogP contribution in [0.3, 0.4) is 0 Å². The highest BCUT2D eigenvalue weighted by Crippen LogP contribution is 2.40. The fraction of sp³-hybridized carbons (Fsp3) is 0.375. The summed E-state index contributed by atoms with van der Waals surface area (Å²) < 4.78 is 2.05. The normalized spacial score (nSPS) is 15.9. The van der Waals surface area contributed by atoms with E-state index in [0.717, 1.165) is 11.4 Å². The number of hydrogen-bond acceptors (Lipinski definition) is 3. The summed E-state index contributed by atoms with van der Waals surface area (Å²) in [4.78, 5) is 15.4. The summed E-state index contributed by atoms with van der Waals surface area (Å²) in [6.07, 6.45) is 6.22. The molecule has 1 unspecified atom stereocenters. The van der Waals surface area contributed by atoms with E-state index in [1.54, 1.807) is 18.2 Å². The van der Waals surface area contributed by atoms with Crippen molar-refractivity contribution in [1.29, 1.82) is 0 Å². The van der Waals surface area contributed by atoms with Crippen LogP contribution in [0.1, 0.15) is 40.6 Å². The molecule has 1 fully saturated rings. The molecule has 3 rings (SSSR count). The Kier molecular flexibility index (Phi) is 3.75. The predicted octanol–water partition coefficient (Wildman–Crippen LogP) is 2.36. The van der Waals surface area contributed by atoms with Crippen molar-refractivity contribution in [2.75, 3.05) is 0 Å². The Bertz CT molecular complexity index is 646. The lowest BCUT2D eigenvalue weighted by atomic mass is 10.1. The Balaban J connectivity index is 1.72. The maximum absolute atomic E-state index is 11.0. The van der Waals surface area contributed by atoms with Gasteiger partial charge in [0, 0.05) is 26.0 Å². The summed E-state index contributed by atoms with van der Waals surface area (Å²) in [7, 11) is 2.00. The van der Waals surface area contributed by atoms with Crippen molar-refractivity contribution in [2.45, 2.75) is 25.4 Å². The molecule has 0 radical (unpaired) electrons. The molecule has 1 aromatic heterocycles. The fourth-order valence-corrected chi connectivity index (χ4v) is 2.62. The van der Waals surface area contributed by atoms with E-state index >= 15 is 0 Å². The molecular weight excluding hydrogens is 266 g/mol. The number of hydrogen-bond donors (Lipinski definition) is 2. The third-order valence-corrected chi connectivity index (χ3v) is 3.93. The molecular formula is C16H19N3O2. The SMILES string of the molecule is Cn1ccnc1C(NCc1cccc(C(=O)O)c1)C1CC1. The molecule has 5 heteroatoms. The Labute approximate surface area is 123 Å². The van der Waals surface area contributed by atoms with Gasteiger partial charge in [-0.05, 0) is 36.5 Å². The zero-order valence-electron chi connectivity index (χ0n) is 12.0. The molecule has 2 N–H and O–H groups in total. The predicted molar refractivity (Wildman–Crippen MR) is 78.9 cm³/mol. The quantitative estimate of drug-likeness (QED) is 0.855. The Morgan fingerprint density at radius 3 is 2.95 bits per heavy atom. The van der Waals surface area contributed by atoms with E-state index in [0.29, 0.717) is 18.0 Å². The lowest BCUT2D eigenvalue weighted by molar-refractivity contribution is 0.0696. The van der Waals surface area contributed by atoms with Gasteiger partial charge in [0.15, 0.2) is 0 Å². The van der Waals surface area contributed by atoms with Crippen molar-refractivity contribution < 1.29 is 9.90 Å². The standard InChI is InChI=1S/C16H19N3O2/c1-19-8-7-17-15(19)14(12-5-6-12)18-10-11-3-2-4-13(9-11)16(20)21/h2-4,7-9,12,14,18H,5-6,10H2,1H3,(H,20,21). The molecule has 1 aliphatic rings. The van der Waals surface area contributed by atoms with Gasteiger partial charge in [-0.3, -0.25) is 0 Å². The van der Waals surface area contributed by atoms with Gasteiger partial charge >= 0.3 is 5.97 Å². The second-order valence-corrected chi connectivity index (χ2v) is 5.60. The van der Waals surface area contributed by atoms with E-state index in [2.05, 4.69) is 10.3 Å². The summed E-state index contributed by atoms with van der Waals surface area (Å²) in [5.74, 6) is 0.792. The van der Waals surface area contributed by atoms with Crippen LogP contribution in [0, 0.1) is 5.92 Å². The van der Waals surface area contributed by atoms with Crippen molar-refractivity contribution in [3.05, 3.63) is 53.6 Å². The zero-order chi connectivity index (χ0) is 14.8. The van der Waals surface area contributed by atoms with Gasteiger partial charge in [-0.1, -0.05) is 12.1 Å². The minimum Gasteiger partial charge on any atom is -0.478 e. The molecule has 1 atom stereocenters. The van der Waals surface area contributed by atoms with Gasteiger partial charge in [0.1, 0.15) is 5.82 Å². The van der Waals surface area contributed by atoms with E-state index in [9.17, 15) is 4.79 Å². The number of carboxylic acid groups (broad SMARTS) is 1. The number of aromatic carboxylic acids is 1. The minimum absolute atomic E-state index is 0.235. The third-order valence-electron chi connectivity index (χ3n) is 3.93. The number of aryl methyl sites for hydroxylation is 1. The second kappa shape index (κ2) is 5.69. The van der Waals surface area contributed by atoms with Crippen molar-refractivity contribution in [1.82, 2.24) is 14.9 Å². The fourth-order valence-electron chi connectivity index (χ4n) is 2.62. The second-order valence-electron chi connectivity index (χ2n) is 5.60. The van der Waals surface area contributed by atoms with E-state index < -0.39 is 5.97 Å². The van der Waals surface area contributed by atoms with Crippen LogP contribution < -0.4 is 5.32 Å². The van der Waals surface area contributed by atoms with Crippen LogP contribution >= 0.6 is 0 Å². The molecule has 0 spiro atoms. The first-order valence-electron chi connectivity index (χ1n) is 7.18. The van der Waals surface area contributed by atoms with Crippen LogP contribution in [0.2, 0.25) is 0 Å². The van der Waals surface area contributed by atoms with Gasteiger partial charge in [0.2, 0.25) is 0 Å². The lowest BCUT2D eigenvalue weighted by Gasteiger charge is -2.18. The highest BCUT2D eigenvalue weighted by Gasteiger charge is 2.34. The monoisotopic (exact) mass is 285 g/mol. The van der Waals surface area contributed by atoms with Gasteiger partial charge in [-0.25, -0.2) is 9.78 Å². The average Bonchev–Trinajstić information content (AvgIpc) is 3.22. The highest BCUT2D eigenvalue weighted by molar-refractivity contribution is 5.87. The van der Waals surface area contributed by atoms with E-state index in [-0.39, 0.29) is 6.04 Å². The maximum atomic E-state index is 11.0. The molecule has 1 aromatic carbocycles. The van der Waals surface area contributed by atoms with Crippen molar-refractivity contribution in [3.63, 3.8) is 0 Å². The topological polar surface area (TPSA) is 67.2 Å². The molecule has 1 saturated carbocycles. The van der Waals surface area contributed by atoms with Gasteiger partial charge in [-0.2, -0.15) is 0 Å². The highest BCUT2D eigenvalue weighted by atomic mass is 16.4. The third kappa shape index (κ3) is 3.13. The molecule has 0 bridgehead atoms. The zero-order valence-corrected chi connectivity index (χ0v) is 12.0. The van der Waals surface area contributed by atoms with Crippen molar-refractivity contribution in [3.8, 4) is 0 Å². The van der Waals surface area contributed by atoms with Gasteiger partial charge in [0.05, 0.1) is 11.6 Å². The number of nitrogens with one attached hydrogen (secondary N) is 1. The number of imidazole rings is 1. The maximum Gasteiger partial charge on any atom is 0.335 e. The molecule has 5 nitrogen and oxygen atoms in total. The molecule has 2 aromatic rings. The van der Waals surface area contributed by atoms with Gasteiger partial charge in [0.25, 0.3) is 0 Å².